The summed E-state index contributed by atoms with van der Waals surface area (Å²) in [6, 6.07) is 7.67. The zero-order valence-corrected chi connectivity index (χ0v) is 11.7. The number of carbonyl (C=O) groups is 3. The largest absolute Gasteiger partial charge is 0.355 e. The molecule has 1 aromatic carbocycles. The molecule has 6 nitrogen and oxygen atoms in total. The Morgan fingerprint density at radius 1 is 0.900 bits per heavy atom. The molecule has 0 heterocycles. The van der Waals surface area contributed by atoms with Crippen molar-refractivity contribution in [2.45, 2.75) is 20.4 Å². The molecule has 0 bridgehead atoms. The molecule has 108 valence electrons. The number of rotatable bonds is 5. The normalized spacial score (nSPS) is 9.70. The van der Waals surface area contributed by atoms with Crippen LogP contribution in [0.25, 0.3) is 0 Å². The first kappa shape index (κ1) is 15.7. The molecule has 0 unspecified atom stereocenters. The lowest BCUT2D eigenvalue weighted by Crippen LogP contribution is -2.42. The standard InChI is InChI=1S/C14H19N3O3/c1-10-3-5-12(6-4-10)9-17-14(20)13(19)16-8-7-15-11(2)18/h3-6H,7-9H2,1-2H3,(H,15,18)(H,16,19)(H,17,20). The van der Waals surface area contributed by atoms with Crippen molar-refractivity contribution in [3.8, 4) is 0 Å². The lowest BCUT2D eigenvalue weighted by atomic mass is 10.1. The van der Waals surface area contributed by atoms with Crippen LogP contribution in [0.2, 0.25) is 0 Å². The van der Waals surface area contributed by atoms with Gasteiger partial charge in [-0.1, -0.05) is 29.8 Å². The van der Waals surface area contributed by atoms with Gasteiger partial charge >= 0.3 is 11.8 Å². The van der Waals surface area contributed by atoms with Crippen molar-refractivity contribution in [2.24, 2.45) is 0 Å². The van der Waals surface area contributed by atoms with Crippen LogP contribution in [0, 0.1) is 6.92 Å². The van der Waals surface area contributed by atoms with Gasteiger partial charge in [0.05, 0.1) is 0 Å². The van der Waals surface area contributed by atoms with Crippen molar-refractivity contribution in [3.05, 3.63) is 35.4 Å². The molecule has 0 spiro atoms. The molecule has 3 N–H and O–H groups in total. The topological polar surface area (TPSA) is 87.3 Å². The first-order valence-corrected chi connectivity index (χ1v) is 6.35. The highest BCUT2D eigenvalue weighted by molar-refractivity contribution is 6.35. The highest BCUT2D eigenvalue weighted by Crippen LogP contribution is 2.02. The molecule has 0 aliphatic carbocycles. The molecule has 20 heavy (non-hydrogen) atoms. The lowest BCUT2D eigenvalue weighted by Gasteiger charge is -2.07. The molecule has 0 aliphatic rings. The van der Waals surface area contributed by atoms with E-state index >= 15 is 0 Å². The molecule has 1 aromatic rings. The third-order valence-corrected chi connectivity index (χ3v) is 2.56. The van der Waals surface area contributed by atoms with Crippen LogP contribution in [0.3, 0.4) is 0 Å². The Morgan fingerprint density at radius 3 is 2.05 bits per heavy atom. The summed E-state index contributed by atoms with van der Waals surface area (Å²) >= 11 is 0. The molecule has 6 heteroatoms. The minimum absolute atomic E-state index is 0.178. The van der Waals surface area contributed by atoms with E-state index in [2.05, 4.69) is 16.0 Å². The summed E-state index contributed by atoms with van der Waals surface area (Å²) in [7, 11) is 0. The molecule has 0 fully saturated rings. The molecule has 1 rings (SSSR count). The Labute approximate surface area is 117 Å². The average molecular weight is 277 g/mol. The zero-order valence-electron chi connectivity index (χ0n) is 11.7. The Balaban J connectivity index is 2.26. The quantitative estimate of drug-likeness (QED) is 0.517. The van der Waals surface area contributed by atoms with Gasteiger partial charge in [0.2, 0.25) is 5.91 Å². The summed E-state index contributed by atoms with van der Waals surface area (Å²) in [6.45, 7) is 4.18. The molecule has 0 atom stereocenters. The lowest BCUT2D eigenvalue weighted by molar-refractivity contribution is -0.139. The second-order valence-corrected chi connectivity index (χ2v) is 4.41. The van der Waals surface area contributed by atoms with Crippen LogP contribution >= 0.6 is 0 Å². The van der Waals surface area contributed by atoms with E-state index in [1.54, 1.807) is 0 Å². The molecule has 0 saturated heterocycles. The van der Waals surface area contributed by atoms with Crippen LogP contribution in [0.1, 0.15) is 18.1 Å². The second kappa shape index (κ2) is 7.93. The predicted molar refractivity (Wildman–Crippen MR) is 74.7 cm³/mol. The fourth-order valence-electron chi connectivity index (χ4n) is 1.46. The van der Waals surface area contributed by atoms with Gasteiger partial charge in [-0.15, -0.1) is 0 Å². The van der Waals surface area contributed by atoms with Crippen LogP contribution in [0.5, 0.6) is 0 Å². The van der Waals surface area contributed by atoms with Crippen LogP contribution in [0.4, 0.5) is 0 Å². The minimum atomic E-state index is -0.706. The summed E-state index contributed by atoms with van der Waals surface area (Å²) < 4.78 is 0. The summed E-state index contributed by atoms with van der Waals surface area (Å²) in [4.78, 5) is 33.5. The van der Waals surface area contributed by atoms with Gasteiger partial charge in [0.1, 0.15) is 0 Å². The van der Waals surface area contributed by atoms with Crippen molar-refractivity contribution in [1.82, 2.24) is 16.0 Å². The van der Waals surface area contributed by atoms with E-state index < -0.39 is 11.8 Å². The maximum Gasteiger partial charge on any atom is 0.309 e. The average Bonchev–Trinajstić information content (AvgIpc) is 2.42. The zero-order chi connectivity index (χ0) is 15.0. The molecule has 3 amide bonds. The van der Waals surface area contributed by atoms with Crippen molar-refractivity contribution in [2.75, 3.05) is 13.1 Å². The van der Waals surface area contributed by atoms with Crippen LogP contribution in [0.15, 0.2) is 24.3 Å². The number of nitrogens with one attached hydrogen (secondary N) is 3. The van der Waals surface area contributed by atoms with Crippen LogP contribution in [-0.2, 0) is 20.9 Å². The fourth-order valence-corrected chi connectivity index (χ4v) is 1.46. The summed E-state index contributed by atoms with van der Waals surface area (Å²) in [5.74, 6) is -1.57. The minimum Gasteiger partial charge on any atom is -0.355 e. The van der Waals surface area contributed by atoms with E-state index in [4.69, 9.17) is 0 Å². The van der Waals surface area contributed by atoms with Gasteiger partial charge < -0.3 is 16.0 Å². The monoisotopic (exact) mass is 277 g/mol. The maximum atomic E-state index is 11.5. The second-order valence-electron chi connectivity index (χ2n) is 4.41. The molecule has 0 radical (unpaired) electrons. The van der Waals surface area contributed by atoms with Crippen LogP contribution in [-0.4, -0.2) is 30.8 Å². The van der Waals surface area contributed by atoms with E-state index in [1.165, 1.54) is 6.92 Å². The third-order valence-electron chi connectivity index (χ3n) is 2.56. The van der Waals surface area contributed by atoms with Gasteiger partial charge in [-0.25, -0.2) is 0 Å². The highest BCUT2D eigenvalue weighted by Gasteiger charge is 2.11. The SMILES string of the molecule is CC(=O)NCCNC(=O)C(=O)NCc1ccc(C)cc1. The molecular formula is C14H19N3O3. The van der Waals surface area contributed by atoms with Gasteiger partial charge in [-0.05, 0) is 12.5 Å². The Hall–Kier alpha value is -2.37. The summed E-state index contributed by atoms with van der Waals surface area (Å²) in [5, 5.41) is 7.46. The summed E-state index contributed by atoms with van der Waals surface area (Å²) in [6.07, 6.45) is 0. The van der Waals surface area contributed by atoms with Crippen molar-refractivity contribution in [3.63, 3.8) is 0 Å². The fraction of sp³-hybridized carbons (Fsp3) is 0.357. The Morgan fingerprint density at radius 2 is 1.45 bits per heavy atom. The molecule has 0 saturated carbocycles. The maximum absolute atomic E-state index is 11.5. The number of hydrogen-bond donors (Lipinski definition) is 3. The van der Waals surface area contributed by atoms with Gasteiger partial charge in [0.15, 0.2) is 0 Å². The van der Waals surface area contributed by atoms with E-state index in [9.17, 15) is 14.4 Å². The van der Waals surface area contributed by atoms with E-state index in [-0.39, 0.29) is 12.5 Å². The number of carbonyl (C=O) groups excluding carboxylic acids is 3. The number of hydrogen-bond acceptors (Lipinski definition) is 3. The molecule has 0 aliphatic heterocycles. The first-order chi connectivity index (χ1) is 9.49. The predicted octanol–water partition coefficient (Wildman–Crippen LogP) is -0.136. The molecular weight excluding hydrogens is 258 g/mol. The van der Waals surface area contributed by atoms with Crippen molar-refractivity contribution < 1.29 is 14.4 Å². The van der Waals surface area contributed by atoms with Gasteiger partial charge in [0, 0.05) is 26.6 Å². The Bertz CT molecular complexity index is 483. The van der Waals surface area contributed by atoms with Gasteiger partial charge in [0.25, 0.3) is 0 Å². The third kappa shape index (κ3) is 5.99. The highest BCUT2D eigenvalue weighted by atomic mass is 16.2. The Kier molecular flexibility index (Phi) is 6.22. The van der Waals surface area contributed by atoms with Gasteiger partial charge in [-0.3, -0.25) is 14.4 Å². The van der Waals surface area contributed by atoms with E-state index in [0.717, 1.165) is 11.1 Å². The van der Waals surface area contributed by atoms with Crippen LogP contribution < -0.4 is 16.0 Å². The van der Waals surface area contributed by atoms with E-state index in [0.29, 0.717) is 13.1 Å². The number of amides is 3. The van der Waals surface area contributed by atoms with Crippen molar-refractivity contribution >= 4 is 17.7 Å². The molecule has 0 aromatic heterocycles. The summed E-state index contributed by atoms with van der Waals surface area (Å²) in [5.41, 5.74) is 2.06. The smallest absolute Gasteiger partial charge is 0.309 e. The number of aryl methyl sites for hydroxylation is 1. The van der Waals surface area contributed by atoms with Gasteiger partial charge in [-0.2, -0.15) is 0 Å². The first-order valence-electron chi connectivity index (χ1n) is 6.35. The van der Waals surface area contributed by atoms with Crippen molar-refractivity contribution in [1.29, 1.82) is 0 Å². The number of benzene rings is 1. The van der Waals surface area contributed by atoms with E-state index in [1.807, 2.05) is 31.2 Å².